The van der Waals surface area contributed by atoms with E-state index in [9.17, 15) is 5.11 Å². The highest BCUT2D eigenvalue weighted by atomic mass is 16.3. The Morgan fingerprint density at radius 3 is 1.92 bits per heavy atom. The summed E-state index contributed by atoms with van der Waals surface area (Å²) in [6, 6.07) is 0. The molecule has 5 heteroatoms. The summed E-state index contributed by atoms with van der Waals surface area (Å²) in [5.41, 5.74) is 0. The standard InChI is InChI=1S/C8H10N4O/c13-5-8(11-3-1-9-6-11)12-4-2-10-7-12/h1-4,6-8,13H,5H2. The van der Waals surface area contributed by atoms with E-state index in [1.165, 1.54) is 0 Å². The Morgan fingerprint density at radius 1 is 1.08 bits per heavy atom. The third kappa shape index (κ3) is 1.46. The van der Waals surface area contributed by atoms with Gasteiger partial charge in [0.1, 0.15) is 6.17 Å². The molecule has 0 bridgehead atoms. The fraction of sp³-hybridized carbons (Fsp3) is 0.250. The molecule has 0 atom stereocenters. The topological polar surface area (TPSA) is 55.9 Å². The van der Waals surface area contributed by atoms with E-state index < -0.39 is 0 Å². The smallest absolute Gasteiger partial charge is 0.135 e. The van der Waals surface area contributed by atoms with Gasteiger partial charge in [-0.15, -0.1) is 0 Å². The summed E-state index contributed by atoms with van der Waals surface area (Å²) in [5.74, 6) is 0. The molecule has 0 saturated carbocycles. The van der Waals surface area contributed by atoms with Crippen molar-refractivity contribution >= 4 is 0 Å². The predicted octanol–water partition coefficient (Wildman–Crippen LogP) is 0.119. The zero-order valence-electron chi connectivity index (χ0n) is 6.98. The van der Waals surface area contributed by atoms with Crippen LogP contribution in [-0.4, -0.2) is 30.8 Å². The lowest BCUT2D eigenvalue weighted by atomic mass is 10.5. The third-order valence-electron chi connectivity index (χ3n) is 1.90. The molecule has 0 aliphatic carbocycles. The van der Waals surface area contributed by atoms with E-state index in [2.05, 4.69) is 9.97 Å². The van der Waals surface area contributed by atoms with Crippen LogP contribution in [0.3, 0.4) is 0 Å². The van der Waals surface area contributed by atoms with E-state index in [-0.39, 0.29) is 12.8 Å². The average molecular weight is 178 g/mol. The van der Waals surface area contributed by atoms with Gasteiger partial charge in [-0.1, -0.05) is 0 Å². The van der Waals surface area contributed by atoms with Crippen molar-refractivity contribution < 1.29 is 5.11 Å². The molecule has 0 unspecified atom stereocenters. The van der Waals surface area contributed by atoms with Crippen molar-refractivity contribution in [1.82, 2.24) is 19.1 Å². The predicted molar refractivity (Wildman–Crippen MR) is 46.0 cm³/mol. The van der Waals surface area contributed by atoms with E-state index in [1.54, 1.807) is 37.4 Å². The van der Waals surface area contributed by atoms with Crippen LogP contribution in [0.25, 0.3) is 0 Å². The van der Waals surface area contributed by atoms with Crippen molar-refractivity contribution in [2.45, 2.75) is 6.17 Å². The van der Waals surface area contributed by atoms with Crippen molar-refractivity contribution in [1.29, 1.82) is 0 Å². The lowest BCUT2D eigenvalue weighted by Gasteiger charge is -2.16. The number of hydrogen-bond donors (Lipinski definition) is 1. The molecule has 0 aliphatic rings. The van der Waals surface area contributed by atoms with Crippen LogP contribution in [-0.2, 0) is 0 Å². The van der Waals surface area contributed by atoms with Crippen LogP contribution in [0, 0.1) is 0 Å². The number of aliphatic hydroxyl groups is 1. The van der Waals surface area contributed by atoms with E-state index in [1.807, 2.05) is 9.13 Å². The van der Waals surface area contributed by atoms with Crippen LogP contribution in [0.15, 0.2) is 37.4 Å². The van der Waals surface area contributed by atoms with Crippen molar-refractivity contribution in [3.8, 4) is 0 Å². The monoisotopic (exact) mass is 178 g/mol. The zero-order valence-corrected chi connectivity index (χ0v) is 6.98. The highest BCUT2D eigenvalue weighted by Gasteiger charge is 2.09. The van der Waals surface area contributed by atoms with Gasteiger partial charge in [-0.05, 0) is 0 Å². The molecule has 0 spiro atoms. The first kappa shape index (κ1) is 8.00. The summed E-state index contributed by atoms with van der Waals surface area (Å²) in [6.45, 7) is 0.0206. The van der Waals surface area contributed by atoms with Crippen LogP contribution in [0.2, 0.25) is 0 Å². The molecule has 13 heavy (non-hydrogen) atoms. The fourth-order valence-corrected chi connectivity index (χ4v) is 1.23. The Balaban J connectivity index is 2.29. The van der Waals surface area contributed by atoms with Crippen molar-refractivity contribution in [2.24, 2.45) is 0 Å². The molecule has 2 aromatic heterocycles. The Hall–Kier alpha value is -1.62. The largest absolute Gasteiger partial charge is 0.392 e. The number of rotatable bonds is 3. The lowest BCUT2D eigenvalue weighted by molar-refractivity contribution is 0.207. The van der Waals surface area contributed by atoms with Gasteiger partial charge in [0.15, 0.2) is 0 Å². The molecule has 2 heterocycles. The Morgan fingerprint density at radius 2 is 1.62 bits per heavy atom. The van der Waals surface area contributed by atoms with Gasteiger partial charge in [-0.25, -0.2) is 9.97 Å². The molecule has 68 valence electrons. The minimum atomic E-state index is -0.148. The molecule has 0 fully saturated rings. The van der Waals surface area contributed by atoms with E-state index in [0.717, 1.165) is 0 Å². The van der Waals surface area contributed by atoms with Gasteiger partial charge in [-0.2, -0.15) is 0 Å². The lowest BCUT2D eigenvalue weighted by Crippen LogP contribution is -2.19. The number of aliphatic hydroxyl groups excluding tert-OH is 1. The highest BCUT2D eigenvalue weighted by molar-refractivity contribution is 4.85. The van der Waals surface area contributed by atoms with Gasteiger partial charge >= 0.3 is 0 Å². The number of imidazole rings is 2. The molecule has 0 amide bonds. The normalized spacial score (nSPS) is 10.9. The first-order chi connectivity index (χ1) is 6.42. The SMILES string of the molecule is OCC(n1ccnc1)n1ccnc1. The van der Waals surface area contributed by atoms with Gasteiger partial charge < -0.3 is 14.2 Å². The van der Waals surface area contributed by atoms with E-state index >= 15 is 0 Å². The first-order valence-electron chi connectivity index (χ1n) is 3.97. The molecule has 1 N–H and O–H groups in total. The Labute approximate surface area is 75.3 Å². The number of nitrogens with zero attached hydrogens (tertiary/aromatic N) is 4. The minimum absolute atomic E-state index is 0.0206. The van der Waals surface area contributed by atoms with Gasteiger partial charge in [0.05, 0.1) is 19.3 Å². The van der Waals surface area contributed by atoms with Crippen molar-refractivity contribution in [3.63, 3.8) is 0 Å². The van der Waals surface area contributed by atoms with Crippen LogP contribution < -0.4 is 0 Å². The first-order valence-corrected chi connectivity index (χ1v) is 3.97. The third-order valence-corrected chi connectivity index (χ3v) is 1.90. The van der Waals surface area contributed by atoms with Crippen molar-refractivity contribution in [2.75, 3.05) is 6.61 Å². The fourth-order valence-electron chi connectivity index (χ4n) is 1.23. The summed E-state index contributed by atoms with van der Waals surface area (Å²) in [6.07, 6.45) is 10.2. The second kappa shape index (κ2) is 3.40. The second-order valence-electron chi connectivity index (χ2n) is 2.68. The molecule has 0 aromatic carbocycles. The van der Waals surface area contributed by atoms with Crippen LogP contribution in [0.4, 0.5) is 0 Å². The molecular formula is C8H10N4O. The molecule has 2 aromatic rings. The summed E-state index contributed by atoms with van der Waals surface area (Å²) in [4.78, 5) is 7.84. The molecule has 0 saturated heterocycles. The van der Waals surface area contributed by atoms with Crippen LogP contribution in [0.1, 0.15) is 6.17 Å². The maximum Gasteiger partial charge on any atom is 0.135 e. The number of hydrogen-bond acceptors (Lipinski definition) is 3. The summed E-state index contributed by atoms with van der Waals surface area (Å²) in [7, 11) is 0. The van der Waals surface area contributed by atoms with Gasteiger partial charge in [0, 0.05) is 24.8 Å². The maximum absolute atomic E-state index is 9.17. The summed E-state index contributed by atoms with van der Waals surface area (Å²) < 4.78 is 3.64. The minimum Gasteiger partial charge on any atom is -0.392 e. The Kier molecular flexibility index (Phi) is 2.09. The number of aromatic nitrogens is 4. The molecular weight excluding hydrogens is 168 g/mol. The van der Waals surface area contributed by atoms with Crippen LogP contribution in [0.5, 0.6) is 0 Å². The quantitative estimate of drug-likeness (QED) is 0.726. The van der Waals surface area contributed by atoms with Gasteiger partial charge in [0.2, 0.25) is 0 Å². The summed E-state index contributed by atoms with van der Waals surface area (Å²) >= 11 is 0. The second-order valence-corrected chi connectivity index (χ2v) is 2.68. The zero-order chi connectivity index (χ0) is 9.10. The highest BCUT2D eigenvalue weighted by Crippen LogP contribution is 2.07. The van der Waals surface area contributed by atoms with E-state index in [0.29, 0.717) is 0 Å². The van der Waals surface area contributed by atoms with Crippen LogP contribution >= 0.6 is 0 Å². The van der Waals surface area contributed by atoms with E-state index in [4.69, 9.17) is 0 Å². The molecule has 0 radical (unpaired) electrons. The molecule has 0 aliphatic heterocycles. The van der Waals surface area contributed by atoms with Gasteiger partial charge in [0.25, 0.3) is 0 Å². The molecule has 5 nitrogen and oxygen atoms in total. The van der Waals surface area contributed by atoms with Gasteiger partial charge in [-0.3, -0.25) is 0 Å². The van der Waals surface area contributed by atoms with Crippen molar-refractivity contribution in [3.05, 3.63) is 37.4 Å². The maximum atomic E-state index is 9.17. The summed E-state index contributed by atoms with van der Waals surface area (Å²) in [5, 5.41) is 9.17. The average Bonchev–Trinajstić information content (AvgIpc) is 2.76. The molecule has 2 rings (SSSR count). The Bertz CT molecular complexity index is 306.